The molecule has 2 aromatic carbocycles. The quantitative estimate of drug-likeness (QED) is 0.455. The summed E-state index contributed by atoms with van der Waals surface area (Å²) in [7, 11) is 0. The first-order chi connectivity index (χ1) is 16.8. The summed E-state index contributed by atoms with van der Waals surface area (Å²) < 4.78 is 12.4. The lowest BCUT2D eigenvalue weighted by atomic mass is 9.63. The number of unbranched alkanes of at least 4 members (excludes halogenated alkanes) is 1. The molecule has 0 radical (unpaired) electrons. The number of rotatable bonds is 10. The molecular formula is C30H42N2O2. The predicted molar refractivity (Wildman–Crippen MR) is 138 cm³/mol. The van der Waals surface area contributed by atoms with Gasteiger partial charge in [-0.15, -0.1) is 0 Å². The standard InChI is InChI=1S/C30H42N2O2/c1-3-10-26(11-4-1)22-28-24-34-29(25-33-28)32-20-18-31(19-21-32)17-8-7-14-30(15-9-16-30)23-27-12-5-2-6-13-27/h1-6,10-13,28-29H,7-9,14-25H2. The van der Waals surface area contributed by atoms with Gasteiger partial charge in [-0.25, -0.2) is 0 Å². The highest BCUT2D eigenvalue weighted by Gasteiger charge is 2.36. The third-order valence-electron chi connectivity index (χ3n) is 8.34. The molecule has 1 aliphatic carbocycles. The lowest BCUT2D eigenvalue weighted by Gasteiger charge is -2.43. The molecule has 0 amide bonds. The van der Waals surface area contributed by atoms with Crippen LogP contribution in [0, 0.1) is 5.41 Å². The minimum absolute atomic E-state index is 0.130. The summed E-state index contributed by atoms with van der Waals surface area (Å²) in [5.41, 5.74) is 3.45. The van der Waals surface area contributed by atoms with Crippen LogP contribution >= 0.6 is 0 Å². The highest BCUT2D eigenvalue weighted by Crippen LogP contribution is 2.47. The zero-order valence-corrected chi connectivity index (χ0v) is 20.7. The van der Waals surface area contributed by atoms with Crippen LogP contribution in [0.2, 0.25) is 0 Å². The molecule has 3 fully saturated rings. The zero-order chi connectivity index (χ0) is 23.1. The Balaban J connectivity index is 0.963. The van der Waals surface area contributed by atoms with Gasteiger partial charge in [0.25, 0.3) is 0 Å². The monoisotopic (exact) mass is 462 g/mol. The van der Waals surface area contributed by atoms with Gasteiger partial charge in [-0.1, -0.05) is 73.5 Å². The van der Waals surface area contributed by atoms with Gasteiger partial charge in [0, 0.05) is 32.6 Å². The Hall–Kier alpha value is -1.72. The summed E-state index contributed by atoms with van der Waals surface area (Å²) in [6.45, 7) is 7.14. The molecule has 2 aliphatic heterocycles. The van der Waals surface area contributed by atoms with Gasteiger partial charge >= 0.3 is 0 Å². The van der Waals surface area contributed by atoms with Crippen LogP contribution in [0.4, 0.5) is 0 Å². The first kappa shape index (κ1) is 24.0. The molecule has 2 aromatic rings. The van der Waals surface area contributed by atoms with E-state index in [0.717, 1.165) is 32.6 Å². The second-order valence-corrected chi connectivity index (χ2v) is 10.8. The van der Waals surface area contributed by atoms with E-state index in [9.17, 15) is 0 Å². The Morgan fingerprint density at radius 1 is 0.765 bits per heavy atom. The Morgan fingerprint density at radius 3 is 2.09 bits per heavy atom. The largest absolute Gasteiger partial charge is 0.371 e. The fraction of sp³-hybridized carbons (Fsp3) is 0.600. The summed E-state index contributed by atoms with van der Waals surface area (Å²) in [6, 6.07) is 21.7. The third-order valence-corrected chi connectivity index (χ3v) is 8.34. The van der Waals surface area contributed by atoms with E-state index in [2.05, 4.69) is 70.5 Å². The predicted octanol–water partition coefficient (Wildman–Crippen LogP) is 5.17. The van der Waals surface area contributed by atoms with Crippen molar-refractivity contribution in [3.05, 3.63) is 71.8 Å². The number of nitrogens with zero attached hydrogens (tertiary/aromatic N) is 2. The van der Waals surface area contributed by atoms with E-state index in [-0.39, 0.29) is 12.3 Å². The topological polar surface area (TPSA) is 24.9 Å². The van der Waals surface area contributed by atoms with Crippen LogP contribution in [0.15, 0.2) is 60.7 Å². The van der Waals surface area contributed by atoms with Crippen LogP contribution in [0.1, 0.15) is 49.7 Å². The van der Waals surface area contributed by atoms with Crippen LogP contribution in [0.5, 0.6) is 0 Å². The summed E-state index contributed by atoms with van der Waals surface area (Å²) >= 11 is 0. The van der Waals surface area contributed by atoms with Gasteiger partial charge in [-0.05, 0) is 55.2 Å². The molecule has 2 heterocycles. The van der Waals surface area contributed by atoms with Crippen LogP contribution in [0.3, 0.4) is 0 Å². The number of hydrogen-bond donors (Lipinski definition) is 0. The lowest BCUT2D eigenvalue weighted by molar-refractivity contribution is -0.189. The van der Waals surface area contributed by atoms with Crippen molar-refractivity contribution >= 4 is 0 Å². The van der Waals surface area contributed by atoms with Gasteiger partial charge < -0.3 is 14.4 Å². The van der Waals surface area contributed by atoms with Crippen LogP contribution in [0.25, 0.3) is 0 Å². The number of ether oxygens (including phenoxy) is 2. The van der Waals surface area contributed by atoms with Crippen LogP contribution in [-0.4, -0.2) is 68.1 Å². The van der Waals surface area contributed by atoms with Gasteiger partial charge in [0.15, 0.2) is 0 Å². The van der Waals surface area contributed by atoms with Gasteiger partial charge in [0.2, 0.25) is 0 Å². The van der Waals surface area contributed by atoms with Crippen molar-refractivity contribution in [1.82, 2.24) is 9.80 Å². The SMILES string of the molecule is c1ccc(CC2COC(N3CCN(CCCCC4(Cc5ccccc5)CCC4)CC3)CO2)cc1. The van der Waals surface area contributed by atoms with Crippen molar-refractivity contribution in [1.29, 1.82) is 0 Å². The van der Waals surface area contributed by atoms with E-state index in [4.69, 9.17) is 9.47 Å². The minimum Gasteiger partial charge on any atom is -0.371 e. The second kappa shape index (κ2) is 11.8. The number of hydrogen-bond acceptors (Lipinski definition) is 4. The van der Waals surface area contributed by atoms with Crippen molar-refractivity contribution in [2.24, 2.45) is 5.41 Å². The maximum Gasteiger partial charge on any atom is 0.134 e. The van der Waals surface area contributed by atoms with E-state index in [1.54, 1.807) is 0 Å². The maximum absolute atomic E-state index is 6.22. The molecule has 0 bridgehead atoms. The zero-order valence-electron chi connectivity index (χ0n) is 20.7. The first-order valence-electron chi connectivity index (χ1n) is 13.6. The maximum atomic E-state index is 6.22. The highest BCUT2D eigenvalue weighted by atomic mass is 16.6. The Labute approximate surface area is 206 Å². The van der Waals surface area contributed by atoms with Crippen molar-refractivity contribution in [3.8, 4) is 0 Å². The highest BCUT2D eigenvalue weighted by molar-refractivity contribution is 5.17. The summed E-state index contributed by atoms with van der Waals surface area (Å²) in [5.74, 6) is 0. The molecule has 5 rings (SSSR count). The second-order valence-electron chi connectivity index (χ2n) is 10.8. The molecule has 34 heavy (non-hydrogen) atoms. The average molecular weight is 463 g/mol. The van der Waals surface area contributed by atoms with E-state index < -0.39 is 0 Å². The van der Waals surface area contributed by atoms with Crippen molar-refractivity contribution in [3.63, 3.8) is 0 Å². The van der Waals surface area contributed by atoms with E-state index in [1.165, 1.54) is 62.6 Å². The fourth-order valence-corrected chi connectivity index (χ4v) is 6.07. The van der Waals surface area contributed by atoms with E-state index in [0.29, 0.717) is 18.6 Å². The molecule has 4 nitrogen and oxygen atoms in total. The Kier molecular flexibility index (Phi) is 8.33. The summed E-state index contributed by atoms with van der Waals surface area (Å²) in [4.78, 5) is 5.14. The number of piperazine rings is 1. The van der Waals surface area contributed by atoms with Crippen molar-refractivity contribution in [2.45, 2.75) is 63.7 Å². The molecule has 2 atom stereocenters. The van der Waals surface area contributed by atoms with Crippen molar-refractivity contribution < 1.29 is 9.47 Å². The molecule has 0 spiro atoms. The first-order valence-corrected chi connectivity index (χ1v) is 13.6. The molecule has 2 unspecified atom stereocenters. The van der Waals surface area contributed by atoms with Gasteiger partial charge in [-0.2, -0.15) is 0 Å². The van der Waals surface area contributed by atoms with Crippen molar-refractivity contribution in [2.75, 3.05) is 45.9 Å². The summed E-state index contributed by atoms with van der Waals surface area (Å²) in [6.07, 6.45) is 10.9. The molecule has 4 heteroatoms. The Bertz CT molecular complexity index is 839. The van der Waals surface area contributed by atoms with Gasteiger partial charge in [-0.3, -0.25) is 4.90 Å². The Morgan fingerprint density at radius 2 is 1.47 bits per heavy atom. The van der Waals surface area contributed by atoms with E-state index >= 15 is 0 Å². The molecule has 0 aromatic heterocycles. The van der Waals surface area contributed by atoms with Gasteiger partial charge in [0.05, 0.1) is 19.3 Å². The lowest BCUT2D eigenvalue weighted by Crippen LogP contribution is -2.55. The van der Waals surface area contributed by atoms with Crippen LogP contribution in [-0.2, 0) is 22.3 Å². The van der Waals surface area contributed by atoms with E-state index in [1.807, 2.05) is 0 Å². The average Bonchev–Trinajstić information content (AvgIpc) is 2.87. The number of benzene rings is 2. The molecule has 1 saturated carbocycles. The fourth-order valence-electron chi connectivity index (χ4n) is 6.07. The molecule has 184 valence electrons. The summed E-state index contributed by atoms with van der Waals surface area (Å²) in [5, 5.41) is 0. The van der Waals surface area contributed by atoms with Crippen LogP contribution < -0.4 is 0 Å². The molecule has 3 aliphatic rings. The molecule has 2 saturated heterocycles. The normalized spacial score (nSPS) is 25.6. The minimum atomic E-state index is 0.130. The molecular weight excluding hydrogens is 420 g/mol. The molecule has 0 N–H and O–H groups in total. The van der Waals surface area contributed by atoms with Gasteiger partial charge in [0.1, 0.15) is 6.23 Å². The third kappa shape index (κ3) is 6.48. The smallest absolute Gasteiger partial charge is 0.134 e.